The molecule has 8 nitrogen and oxygen atoms in total. The molecule has 180 valence electrons. The van der Waals surface area contributed by atoms with Crippen molar-refractivity contribution in [1.82, 2.24) is 19.9 Å². The molecular formula is C26H27FN6O2. The van der Waals surface area contributed by atoms with E-state index in [1.807, 2.05) is 25.1 Å². The molecule has 1 aliphatic rings. The van der Waals surface area contributed by atoms with Gasteiger partial charge in [0, 0.05) is 35.8 Å². The number of carbonyl (C=O) groups is 1. The Hall–Kier alpha value is -3.98. The average molecular weight is 475 g/mol. The average Bonchev–Trinajstić information content (AvgIpc) is 3.54. The first-order valence-electron chi connectivity index (χ1n) is 11.7. The number of ether oxygens (including phenoxy) is 1. The van der Waals surface area contributed by atoms with Crippen LogP contribution in [0.4, 0.5) is 10.1 Å². The summed E-state index contributed by atoms with van der Waals surface area (Å²) in [6, 6.07) is 13.6. The Morgan fingerprint density at radius 3 is 2.83 bits per heavy atom. The van der Waals surface area contributed by atoms with Crippen molar-refractivity contribution in [3.8, 4) is 22.9 Å². The lowest BCUT2D eigenvalue weighted by molar-refractivity contribution is 0.0950. The van der Waals surface area contributed by atoms with E-state index in [0.29, 0.717) is 36.1 Å². The number of aromatic nitrogens is 3. The number of nitrogens with one attached hydrogen (secondary N) is 2. The molecule has 0 atom stereocenters. The van der Waals surface area contributed by atoms with Crippen molar-refractivity contribution in [3.63, 3.8) is 0 Å². The van der Waals surface area contributed by atoms with Gasteiger partial charge in [0.2, 0.25) is 5.88 Å². The highest BCUT2D eigenvalue weighted by Crippen LogP contribution is 2.30. The Bertz CT molecular complexity index is 1380. The molecule has 1 aliphatic carbocycles. The third-order valence-electron chi connectivity index (χ3n) is 5.84. The van der Waals surface area contributed by atoms with E-state index >= 15 is 0 Å². The molecule has 2 aromatic carbocycles. The number of hydrogen-bond acceptors (Lipinski definition) is 6. The van der Waals surface area contributed by atoms with E-state index in [1.54, 1.807) is 28.9 Å². The standard InChI is InChI=1S/C26H27FN6O2/c1-16-12-17(6-9-21(16)26(34)31-19-7-8-19)23-15-30-25-22(29-11-3-10-28)14-24(32-33(23)25)35-20-5-2-4-18(27)13-20/h2,4-6,9,12-15,19,29H,3,7-8,10-11,28H2,1H3,(H,31,34). The molecule has 0 spiro atoms. The predicted molar refractivity (Wildman–Crippen MR) is 132 cm³/mol. The first kappa shape index (κ1) is 22.8. The normalized spacial score (nSPS) is 13.1. The number of anilines is 1. The highest BCUT2D eigenvalue weighted by atomic mass is 19.1. The van der Waals surface area contributed by atoms with Crippen LogP contribution < -0.4 is 21.1 Å². The molecule has 1 fully saturated rings. The third-order valence-corrected chi connectivity index (χ3v) is 5.84. The third kappa shape index (κ3) is 5.09. The minimum Gasteiger partial charge on any atom is -0.437 e. The number of fused-ring (bicyclic) bond motifs is 1. The van der Waals surface area contributed by atoms with E-state index in [-0.39, 0.29) is 11.8 Å². The summed E-state index contributed by atoms with van der Waals surface area (Å²) in [5, 5.41) is 11.0. The number of halogens is 1. The Morgan fingerprint density at radius 1 is 1.23 bits per heavy atom. The highest BCUT2D eigenvalue weighted by Gasteiger charge is 2.24. The van der Waals surface area contributed by atoms with Crippen molar-refractivity contribution >= 4 is 17.2 Å². The molecule has 0 saturated heterocycles. The maximum atomic E-state index is 13.7. The molecular weight excluding hydrogens is 447 g/mol. The molecule has 9 heteroatoms. The first-order valence-corrected chi connectivity index (χ1v) is 11.7. The topological polar surface area (TPSA) is 107 Å². The van der Waals surface area contributed by atoms with Crippen molar-refractivity contribution in [2.75, 3.05) is 18.4 Å². The Balaban J connectivity index is 1.52. The molecule has 4 N–H and O–H groups in total. The summed E-state index contributed by atoms with van der Waals surface area (Å²) in [6.07, 6.45) is 4.60. The van der Waals surface area contributed by atoms with Crippen LogP contribution in [0.15, 0.2) is 54.7 Å². The Morgan fingerprint density at radius 2 is 2.09 bits per heavy atom. The number of nitrogens with zero attached hydrogens (tertiary/aromatic N) is 3. The molecule has 0 unspecified atom stereocenters. The number of carbonyl (C=O) groups excluding carboxylic acids is 1. The molecule has 1 saturated carbocycles. The zero-order valence-corrected chi connectivity index (χ0v) is 19.4. The molecule has 35 heavy (non-hydrogen) atoms. The van der Waals surface area contributed by atoms with Gasteiger partial charge in [-0.3, -0.25) is 4.79 Å². The van der Waals surface area contributed by atoms with Crippen LogP contribution in [-0.4, -0.2) is 39.6 Å². The van der Waals surface area contributed by atoms with Crippen LogP contribution in [0.25, 0.3) is 16.9 Å². The fraction of sp³-hybridized carbons (Fsp3) is 0.269. The first-order chi connectivity index (χ1) is 17.0. The van der Waals surface area contributed by atoms with Gasteiger partial charge in [0.1, 0.15) is 11.6 Å². The van der Waals surface area contributed by atoms with Gasteiger partial charge in [-0.1, -0.05) is 12.1 Å². The van der Waals surface area contributed by atoms with Crippen LogP contribution in [0.3, 0.4) is 0 Å². The van der Waals surface area contributed by atoms with E-state index in [0.717, 1.165) is 41.8 Å². The summed E-state index contributed by atoms with van der Waals surface area (Å²) in [5.74, 6) is 0.183. The summed E-state index contributed by atoms with van der Waals surface area (Å²) in [7, 11) is 0. The van der Waals surface area contributed by atoms with Crippen molar-refractivity contribution in [1.29, 1.82) is 0 Å². The van der Waals surface area contributed by atoms with Gasteiger partial charge in [-0.25, -0.2) is 13.9 Å². The largest absolute Gasteiger partial charge is 0.437 e. The summed E-state index contributed by atoms with van der Waals surface area (Å²) >= 11 is 0. The molecule has 0 bridgehead atoms. The van der Waals surface area contributed by atoms with E-state index < -0.39 is 5.82 Å². The zero-order valence-electron chi connectivity index (χ0n) is 19.4. The van der Waals surface area contributed by atoms with E-state index in [1.165, 1.54) is 12.1 Å². The number of rotatable bonds is 9. The maximum absolute atomic E-state index is 13.7. The second kappa shape index (κ2) is 9.71. The van der Waals surface area contributed by atoms with Crippen LogP contribution in [0, 0.1) is 12.7 Å². The molecule has 2 heterocycles. The molecule has 5 rings (SSSR count). The maximum Gasteiger partial charge on any atom is 0.251 e. The SMILES string of the molecule is Cc1cc(-c2cnc3c(NCCCN)cc(Oc4cccc(F)c4)nn23)ccc1C(=O)NC1CC1. The van der Waals surface area contributed by atoms with Gasteiger partial charge in [-0.05, 0) is 62.6 Å². The lowest BCUT2D eigenvalue weighted by atomic mass is 10.0. The number of benzene rings is 2. The van der Waals surface area contributed by atoms with Crippen LogP contribution in [0.2, 0.25) is 0 Å². The van der Waals surface area contributed by atoms with Crippen LogP contribution in [-0.2, 0) is 0 Å². The fourth-order valence-corrected chi connectivity index (χ4v) is 3.87. The van der Waals surface area contributed by atoms with Crippen LogP contribution in [0.1, 0.15) is 35.2 Å². The highest BCUT2D eigenvalue weighted by molar-refractivity contribution is 5.96. The van der Waals surface area contributed by atoms with E-state index in [2.05, 4.69) is 20.7 Å². The summed E-state index contributed by atoms with van der Waals surface area (Å²) in [4.78, 5) is 17.1. The van der Waals surface area contributed by atoms with Gasteiger partial charge in [0.05, 0.1) is 17.6 Å². The molecule has 0 radical (unpaired) electrons. The lowest BCUT2D eigenvalue weighted by Crippen LogP contribution is -2.26. The number of aryl methyl sites for hydroxylation is 1. The predicted octanol–water partition coefficient (Wildman–Crippen LogP) is 4.29. The quantitative estimate of drug-likeness (QED) is 0.313. The molecule has 4 aromatic rings. The zero-order chi connectivity index (χ0) is 24.4. The molecule has 2 aromatic heterocycles. The van der Waals surface area contributed by atoms with Gasteiger partial charge in [0.15, 0.2) is 5.65 Å². The Kier molecular flexibility index (Phi) is 6.33. The number of hydrogen-bond donors (Lipinski definition) is 3. The lowest BCUT2D eigenvalue weighted by Gasteiger charge is -2.12. The van der Waals surface area contributed by atoms with Gasteiger partial charge in [-0.15, -0.1) is 5.10 Å². The van der Waals surface area contributed by atoms with Gasteiger partial charge >= 0.3 is 0 Å². The van der Waals surface area contributed by atoms with Crippen molar-refractivity contribution < 1.29 is 13.9 Å². The number of amides is 1. The van der Waals surface area contributed by atoms with Gasteiger partial charge in [0.25, 0.3) is 5.91 Å². The van der Waals surface area contributed by atoms with Crippen LogP contribution >= 0.6 is 0 Å². The van der Waals surface area contributed by atoms with Gasteiger partial charge < -0.3 is 21.1 Å². The van der Waals surface area contributed by atoms with E-state index in [9.17, 15) is 9.18 Å². The number of imidazole rings is 1. The summed E-state index contributed by atoms with van der Waals surface area (Å²) < 4.78 is 21.2. The van der Waals surface area contributed by atoms with Crippen molar-refractivity contribution in [3.05, 3.63) is 71.7 Å². The van der Waals surface area contributed by atoms with E-state index in [4.69, 9.17) is 10.5 Å². The van der Waals surface area contributed by atoms with Gasteiger partial charge in [-0.2, -0.15) is 0 Å². The summed E-state index contributed by atoms with van der Waals surface area (Å²) in [6.45, 7) is 3.13. The minimum absolute atomic E-state index is 0.0509. The molecule has 0 aliphatic heterocycles. The Labute approximate surface area is 202 Å². The molecule has 1 amide bonds. The van der Waals surface area contributed by atoms with Crippen molar-refractivity contribution in [2.24, 2.45) is 5.73 Å². The minimum atomic E-state index is -0.394. The summed E-state index contributed by atoms with van der Waals surface area (Å²) in [5.41, 5.74) is 10.1. The fourth-order valence-electron chi connectivity index (χ4n) is 3.87. The monoisotopic (exact) mass is 474 g/mol. The number of nitrogens with two attached hydrogens (primary N) is 1. The van der Waals surface area contributed by atoms with Crippen LogP contribution in [0.5, 0.6) is 11.6 Å². The second-order valence-electron chi connectivity index (χ2n) is 8.68. The second-order valence-corrected chi connectivity index (χ2v) is 8.68. The van der Waals surface area contributed by atoms with Crippen molar-refractivity contribution in [2.45, 2.75) is 32.2 Å². The smallest absolute Gasteiger partial charge is 0.251 e.